The summed E-state index contributed by atoms with van der Waals surface area (Å²) in [6.07, 6.45) is 9.73. The highest BCUT2D eigenvalue weighted by molar-refractivity contribution is 5.79. The van der Waals surface area contributed by atoms with E-state index in [-0.39, 0.29) is 12.4 Å². The van der Waals surface area contributed by atoms with Gasteiger partial charge in [-0.05, 0) is 31.6 Å². The second-order valence-corrected chi connectivity index (χ2v) is 6.74. The molecule has 1 atom stereocenters. The van der Waals surface area contributed by atoms with Crippen LogP contribution in [-0.2, 0) is 28.6 Å². The minimum Gasteiger partial charge on any atom is -0.469 e. The maximum absolute atomic E-state index is 11.6. The topological polar surface area (TPSA) is 78.9 Å². The minimum atomic E-state index is -0.499. The Morgan fingerprint density at radius 2 is 1.58 bits per heavy atom. The van der Waals surface area contributed by atoms with Gasteiger partial charge in [0.15, 0.2) is 0 Å². The zero-order valence-electron chi connectivity index (χ0n) is 16.6. The Morgan fingerprint density at radius 3 is 2.19 bits per heavy atom. The predicted molar refractivity (Wildman–Crippen MR) is 99.4 cm³/mol. The second kappa shape index (κ2) is 15.4. The van der Waals surface area contributed by atoms with Crippen molar-refractivity contribution in [2.75, 3.05) is 20.8 Å². The largest absolute Gasteiger partial charge is 0.469 e. The van der Waals surface area contributed by atoms with E-state index >= 15 is 0 Å². The summed E-state index contributed by atoms with van der Waals surface area (Å²) >= 11 is 0. The summed E-state index contributed by atoms with van der Waals surface area (Å²) in [5, 5.41) is 0. The fraction of sp³-hybridized carbons (Fsp3) is 0.750. The fourth-order valence-corrected chi connectivity index (χ4v) is 2.31. The lowest BCUT2D eigenvalue weighted by Crippen LogP contribution is -2.20. The average molecular weight is 370 g/mol. The molecular formula is C20H34O6. The number of esters is 3. The molecule has 0 bridgehead atoms. The third-order valence-electron chi connectivity index (χ3n) is 3.84. The number of carbonyl (C=O) groups is 3. The van der Waals surface area contributed by atoms with Crippen molar-refractivity contribution in [1.29, 1.82) is 0 Å². The Balaban J connectivity index is 3.80. The molecule has 26 heavy (non-hydrogen) atoms. The van der Waals surface area contributed by atoms with Crippen LogP contribution >= 0.6 is 0 Å². The molecule has 0 aliphatic rings. The summed E-state index contributed by atoms with van der Waals surface area (Å²) in [5.74, 6) is -1.05. The molecule has 0 rings (SSSR count). The van der Waals surface area contributed by atoms with Gasteiger partial charge in [-0.15, -0.1) is 0 Å². The first-order valence-corrected chi connectivity index (χ1v) is 9.35. The Labute approximate surface area is 157 Å². The molecule has 0 aromatic carbocycles. The average Bonchev–Trinajstić information content (AvgIpc) is 2.62. The van der Waals surface area contributed by atoms with E-state index in [1.54, 1.807) is 0 Å². The summed E-state index contributed by atoms with van der Waals surface area (Å²) < 4.78 is 14.4. The highest BCUT2D eigenvalue weighted by Gasteiger charge is 2.21. The van der Waals surface area contributed by atoms with Gasteiger partial charge in [-0.2, -0.15) is 0 Å². The van der Waals surface area contributed by atoms with Gasteiger partial charge < -0.3 is 14.2 Å². The van der Waals surface area contributed by atoms with E-state index < -0.39 is 17.9 Å². The Hall–Kier alpha value is -1.85. The van der Waals surface area contributed by atoms with Crippen LogP contribution in [0.5, 0.6) is 0 Å². The van der Waals surface area contributed by atoms with Crippen LogP contribution < -0.4 is 0 Å². The van der Waals surface area contributed by atoms with Gasteiger partial charge in [0.05, 0.1) is 33.2 Å². The van der Waals surface area contributed by atoms with Crippen molar-refractivity contribution in [1.82, 2.24) is 0 Å². The molecule has 0 amide bonds. The van der Waals surface area contributed by atoms with E-state index in [1.807, 2.05) is 26.0 Å². The molecule has 150 valence electrons. The number of ether oxygens (including phenoxy) is 3. The number of hydrogen-bond acceptors (Lipinski definition) is 6. The molecular weight excluding hydrogens is 336 g/mol. The molecule has 0 radical (unpaired) electrons. The number of methoxy groups -OCH3 is 2. The predicted octanol–water partition coefficient (Wildman–Crippen LogP) is 3.82. The number of hydrogen-bond donors (Lipinski definition) is 0. The van der Waals surface area contributed by atoms with Gasteiger partial charge in [-0.1, -0.05) is 38.8 Å². The van der Waals surface area contributed by atoms with Crippen molar-refractivity contribution in [2.45, 2.75) is 65.2 Å². The zero-order chi connectivity index (χ0) is 19.8. The first-order valence-electron chi connectivity index (χ1n) is 9.35. The third-order valence-corrected chi connectivity index (χ3v) is 3.84. The maximum Gasteiger partial charge on any atom is 0.309 e. The third kappa shape index (κ3) is 13.4. The Kier molecular flexibility index (Phi) is 14.3. The van der Waals surface area contributed by atoms with Crippen LogP contribution in [-0.4, -0.2) is 38.7 Å². The van der Waals surface area contributed by atoms with E-state index in [2.05, 4.69) is 4.74 Å². The molecule has 0 aromatic rings. The van der Waals surface area contributed by atoms with E-state index in [9.17, 15) is 14.4 Å². The summed E-state index contributed by atoms with van der Waals surface area (Å²) in [4.78, 5) is 34.4. The Morgan fingerprint density at radius 1 is 0.885 bits per heavy atom. The van der Waals surface area contributed by atoms with Gasteiger partial charge in [0.25, 0.3) is 0 Å². The van der Waals surface area contributed by atoms with Crippen LogP contribution in [0.25, 0.3) is 0 Å². The lowest BCUT2D eigenvalue weighted by Gasteiger charge is -2.10. The number of allylic oxidation sites excluding steroid dienone is 2. The Bertz CT molecular complexity index is 442. The van der Waals surface area contributed by atoms with Crippen LogP contribution in [0.4, 0.5) is 0 Å². The highest BCUT2D eigenvalue weighted by atomic mass is 16.5. The van der Waals surface area contributed by atoms with Crippen molar-refractivity contribution in [2.24, 2.45) is 11.8 Å². The number of rotatable bonds is 14. The second-order valence-electron chi connectivity index (χ2n) is 6.74. The van der Waals surface area contributed by atoms with Gasteiger partial charge in [0.2, 0.25) is 0 Å². The van der Waals surface area contributed by atoms with Crippen molar-refractivity contribution in [3.8, 4) is 0 Å². The SMILES string of the molecule is COC(=O)CC(C/C=C/CCCCCCC(=O)OCC(C)C)C(=O)OC. The van der Waals surface area contributed by atoms with E-state index in [4.69, 9.17) is 9.47 Å². The number of carbonyl (C=O) groups excluding carboxylic acids is 3. The molecule has 6 nitrogen and oxygen atoms in total. The lowest BCUT2D eigenvalue weighted by molar-refractivity contribution is -0.151. The van der Waals surface area contributed by atoms with Crippen LogP contribution in [0.15, 0.2) is 12.2 Å². The molecule has 0 aromatic heterocycles. The van der Waals surface area contributed by atoms with Gasteiger partial charge in [-0.25, -0.2) is 0 Å². The highest BCUT2D eigenvalue weighted by Crippen LogP contribution is 2.14. The van der Waals surface area contributed by atoms with E-state index in [0.29, 0.717) is 25.4 Å². The van der Waals surface area contributed by atoms with Gasteiger partial charge in [-0.3, -0.25) is 14.4 Å². The van der Waals surface area contributed by atoms with Crippen LogP contribution in [0.1, 0.15) is 65.2 Å². The van der Waals surface area contributed by atoms with Crippen LogP contribution in [0.3, 0.4) is 0 Å². The molecule has 0 aliphatic heterocycles. The maximum atomic E-state index is 11.6. The summed E-state index contributed by atoms with van der Waals surface area (Å²) in [5.41, 5.74) is 0. The monoisotopic (exact) mass is 370 g/mol. The first kappa shape index (κ1) is 24.1. The standard InChI is InChI=1S/C20H34O6/c1-16(2)15-26-18(21)13-11-9-7-5-6-8-10-12-17(20(23)25-4)14-19(22)24-3/h8,10,16-17H,5-7,9,11-15H2,1-4H3/b10-8+. The lowest BCUT2D eigenvalue weighted by atomic mass is 10.0. The molecule has 0 saturated carbocycles. The van der Waals surface area contributed by atoms with Crippen molar-refractivity contribution in [3.63, 3.8) is 0 Å². The molecule has 0 spiro atoms. The van der Waals surface area contributed by atoms with E-state index in [1.165, 1.54) is 14.2 Å². The summed E-state index contributed by atoms with van der Waals surface area (Å²) in [6.45, 7) is 4.53. The molecule has 0 saturated heterocycles. The quantitative estimate of drug-likeness (QED) is 0.200. The fourth-order valence-electron chi connectivity index (χ4n) is 2.31. The van der Waals surface area contributed by atoms with Crippen LogP contribution in [0, 0.1) is 11.8 Å². The molecule has 0 fully saturated rings. The number of unbranched alkanes of at least 4 members (excludes halogenated alkanes) is 4. The van der Waals surface area contributed by atoms with Gasteiger partial charge in [0.1, 0.15) is 0 Å². The van der Waals surface area contributed by atoms with Crippen LogP contribution in [0.2, 0.25) is 0 Å². The smallest absolute Gasteiger partial charge is 0.309 e. The zero-order valence-corrected chi connectivity index (χ0v) is 16.6. The van der Waals surface area contributed by atoms with Crippen molar-refractivity contribution < 1.29 is 28.6 Å². The molecule has 0 aliphatic carbocycles. The first-order chi connectivity index (χ1) is 12.4. The minimum absolute atomic E-state index is 0.0282. The van der Waals surface area contributed by atoms with Crippen molar-refractivity contribution >= 4 is 17.9 Å². The van der Waals surface area contributed by atoms with Gasteiger partial charge >= 0.3 is 17.9 Å². The molecule has 1 unspecified atom stereocenters. The molecule has 0 heterocycles. The molecule has 6 heteroatoms. The molecule has 0 N–H and O–H groups in total. The normalized spacial score (nSPS) is 12.2. The van der Waals surface area contributed by atoms with Gasteiger partial charge in [0, 0.05) is 6.42 Å². The van der Waals surface area contributed by atoms with E-state index in [0.717, 1.165) is 32.1 Å². The summed E-state index contributed by atoms with van der Waals surface area (Å²) in [6, 6.07) is 0. The summed E-state index contributed by atoms with van der Waals surface area (Å²) in [7, 11) is 2.62. The van der Waals surface area contributed by atoms with Crippen molar-refractivity contribution in [3.05, 3.63) is 12.2 Å².